The molecule has 2 aromatic carbocycles. The third-order valence-corrected chi connectivity index (χ3v) is 2.92. The van der Waals surface area contributed by atoms with Crippen LogP contribution in [-0.4, -0.2) is 17.8 Å². The number of ether oxygens (including phenoxy) is 1. The summed E-state index contributed by atoms with van der Waals surface area (Å²) in [7, 11) is 0. The summed E-state index contributed by atoms with van der Waals surface area (Å²) < 4.78 is 4.67. The maximum atomic E-state index is 11.8. The van der Waals surface area contributed by atoms with E-state index in [0.29, 0.717) is 22.0 Å². The van der Waals surface area contributed by atoms with Crippen LogP contribution in [0.3, 0.4) is 0 Å². The lowest BCUT2D eigenvalue weighted by atomic mass is 9.96. The van der Waals surface area contributed by atoms with Crippen LogP contribution >= 0.6 is 0 Å². The average molecular weight is 255 g/mol. The molecule has 0 aliphatic carbocycles. The van der Waals surface area contributed by atoms with Crippen LogP contribution in [0.1, 0.15) is 27.6 Å². The van der Waals surface area contributed by atoms with Crippen LogP contribution in [0.15, 0.2) is 30.3 Å². The van der Waals surface area contributed by atoms with Gasteiger partial charge in [0.1, 0.15) is 0 Å². The fourth-order valence-corrected chi connectivity index (χ4v) is 2.23. The van der Waals surface area contributed by atoms with Crippen molar-refractivity contribution >= 4 is 34.3 Å². The third-order valence-electron chi connectivity index (χ3n) is 2.92. The first-order valence-electron chi connectivity index (χ1n) is 5.67. The van der Waals surface area contributed by atoms with Crippen molar-refractivity contribution in [2.75, 3.05) is 5.32 Å². The summed E-state index contributed by atoms with van der Waals surface area (Å²) in [5.41, 5.74) is 1.15. The van der Waals surface area contributed by atoms with Crippen LogP contribution in [0.5, 0.6) is 0 Å². The molecule has 0 saturated heterocycles. The maximum Gasteiger partial charge on any atom is 0.346 e. The lowest BCUT2D eigenvalue weighted by Gasteiger charge is -2.16. The number of hydrogen-bond acceptors (Lipinski definition) is 4. The van der Waals surface area contributed by atoms with Gasteiger partial charge in [0.25, 0.3) is 0 Å². The van der Waals surface area contributed by atoms with Gasteiger partial charge in [0.2, 0.25) is 5.91 Å². The van der Waals surface area contributed by atoms with Gasteiger partial charge in [-0.25, -0.2) is 9.59 Å². The van der Waals surface area contributed by atoms with Gasteiger partial charge in [0.15, 0.2) is 0 Å². The monoisotopic (exact) mass is 255 g/mol. The summed E-state index contributed by atoms with van der Waals surface area (Å²) in [4.78, 5) is 34.5. The van der Waals surface area contributed by atoms with E-state index in [2.05, 4.69) is 10.1 Å². The van der Waals surface area contributed by atoms with Gasteiger partial charge in [-0.1, -0.05) is 12.1 Å². The van der Waals surface area contributed by atoms with Crippen molar-refractivity contribution in [2.24, 2.45) is 0 Å². The van der Waals surface area contributed by atoms with Crippen molar-refractivity contribution in [3.63, 3.8) is 0 Å². The second-order valence-corrected chi connectivity index (χ2v) is 4.29. The van der Waals surface area contributed by atoms with E-state index in [4.69, 9.17) is 0 Å². The number of carbonyl (C=O) groups excluding carboxylic acids is 3. The largest absolute Gasteiger partial charge is 0.386 e. The molecule has 19 heavy (non-hydrogen) atoms. The smallest absolute Gasteiger partial charge is 0.346 e. The second-order valence-electron chi connectivity index (χ2n) is 4.29. The molecule has 5 nitrogen and oxygen atoms in total. The molecule has 2 aromatic rings. The van der Waals surface area contributed by atoms with E-state index in [0.717, 1.165) is 0 Å². The lowest BCUT2D eigenvalue weighted by Crippen LogP contribution is -2.20. The predicted molar refractivity (Wildman–Crippen MR) is 68.0 cm³/mol. The van der Waals surface area contributed by atoms with Gasteiger partial charge in [-0.05, 0) is 23.6 Å². The summed E-state index contributed by atoms with van der Waals surface area (Å²) >= 11 is 0. The maximum absolute atomic E-state index is 11.8. The fraction of sp³-hybridized carbons (Fsp3) is 0.0714. The lowest BCUT2D eigenvalue weighted by molar-refractivity contribution is -0.114. The van der Waals surface area contributed by atoms with Crippen molar-refractivity contribution in [3.05, 3.63) is 41.5 Å². The minimum Gasteiger partial charge on any atom is -0.386 e. The number of cyclic esters (lactones) is 2. The van der Waals surface area contributed by atoms with Gasteiger partial charge in [0.05, 0.1) is 11.1 Å². The van der Waals surface area contributed by atoms with Crippen LogP contribution in [0.4, 0.5) is 5.69 Å². The minimum atomic E-state index is -0.694. The van der Waals surface area contributed by atoms with E-state index in [-0.39, 0.29) is 11.5 Å². The third kappa shape index (κ3) is 1.76. The molecule has 1 amide bonds. The highest BCUT2D eigenvalue weighted by molar-refractivity contribution is 6.21. The Kier molecular flexibility index (Phi) is 2.35. The molecule has 1 heterocycles. The Morgan fingerprint density at radius 1 is 1.11 bits per heavy atom. The average Bonchev–Trinajstić information content (AvgIpc) is 2.34. The van der Waals surface area contributed by atoms with Gasteiger partial charge in [-0.3, -0.25) is 4.79 Å². The summed E-state index contributed by atoms with van der Waals surface area (Å²) in [6.07, 6.45) is 0. The minimum absolute atomic E-state index is 0.233. The predicted octanol–water partition coefficient (Wildman–Crippen LogP) is 2.11. The van der Waals surface area contributed by atoms with Crippen molar-refractivity contribution in [1.29, 1.82) is 0 Å². The Balaban J connectivity index is 2.33. The zero-order valence-electron chi connectivity index (χ0n) is 10.0. The van der Waals surface area contributed by atoms with E-state index in [1.54, 1.807) is 24.3 Å². The molecule has 0 saturated carbocycles. The number of hydrogen-bond donors (Lipinski definition) is 1. The van der Waals surface area contributed by atoms with Crippen LogP contribution in [0, 0.1) is 0 Å². The van der Waals surface area contributed by atoms with Crippen molar-refractivity contribution in [2.45, 2.75) is 6.92 Å². The summed E-state index contributed by atoms with van der Waals surface area (Å²) in [5, 5.41) is 3.89. The Morgan fingerprint density at radius 2 is 1.84 bits per heavy atom. The molecule has 0 radical (unpaired) electrons. The summed E-state index contributed by atoms with van der Waals surface area (Å²) in [6, 6.07) is 8.33. The van der Waals surface area contributed by atoms with E-state index in [1.165, 1.54) is 13.0 Å². The Labute approximate surface area is 108 Å². The van der Waals surface area contributed by atoms with Gasteiger partial charge in [-0.15, -0.1) is 0 Å². The Hall–Kier alpha value is -2.69. The molecular weight excluding hydrogens is 246 g/mol. The molecule has 0 fully saturated rings. The molecule has 0 unspecified atom stereocenters. The second kappa shape index (κ2) is 3.91. The summed E-state index contributed by atoms with van der Waals surface area (Å²) in [5.74, 6) is -1.57. The van der Waals surface area contributed by atoms with Crippen LogP contribution in [-0.2, 0) is 9.53 Å². The normalized spacial score (nSPS) is 13.3. The highest BCUT2D eigenvalue weighted by Crippen LogP contribution is 2.31. The van der Waals surface area contributed by atoms with E-state index >= 15 is 0 Å². The van der Waals surface area contributed by atoms with Crippen LogP contribution in [0.2, 0.25) is 0 Å². The molecule has 94 valence electrons. The van der Waals surface area contributed by atoms with Crippen LogP contribution < -0.4 is 5.32 Å². The molecule has 0 aromatic heterocycles. The topological polar surface area (TPSA) is 72.5 Å². The number of benzene rings is 2. The van der Waals surface area contributed by atoms with Crippen molar-refractivity contribution < 1.29 is 19.1 Å². The molecular formula is C14H9NO4. The Bertz CT molecular complexity index is 748. The molecule has 0 atom stereocenters. The number of carbonyl (C=O) groups is 3. The number of nitrogens with one attached hydrogen (secondary N) is 1. The zero-order valence-corrected chi connectivity index (χ0v) is 10.0. The number of rotatable bonds is 1. The molecule has 3 rings (SSSR count). The van der Waals surface area contributed by atoms with Gasteiger partial charge in [0, 0.05) is 18.0 Å². The molecule has 0 bridgehead atoms. The molecule has 0 spiro atoms. The molecule has 1 N–H and O–H groups in total. The van der Waals surface area contributed by atoms with Gasteiger partial charge in [-0.2, -0.15) is 0 Å². The quantitative estimate of drug-likeness (QED) is 0.625. The summed E-state index contributed by atoms with van der Waals surface area (Å²) in [6.45, 7) is 1.38. The number of amides is 1. The highest BCUT2D eigenvalue weighted by Gasteiger charge is 2.27. The highest BCUT2D eigenvalue weighted by atomic mass is 16.6. The van der Waals surface area contributed by atoms with Crippen molar-refractivity contribution in [1.82, 2.24) is 0 Å². The van der Waals surface area contributed by atoms with Gasteiger partial charge < -0.3 is 10.1 Å². The SMILES string of the molecule is CC(=O)Nc1cc2c3c(cccc3c1)C(=O)OC2=O. The first kappa shape index (κ1) is 11.4. The first-order chi connectivity index (χ1) is 9.06. The number of esters is 2. The zero-order chi connectivity index (χ0) is 13.6. The van der Waals surface area contributed by atoms with Crippen molar-refractivity contribution in [3.8, 4) is 0 Å². The first-order valence-corrected chi connectivity index (χ1v) is 5.67. The van der Waals surface area contributed by atoms with E-state index in [9.17, 15) is 14.4 Å². The van der Waals surface area contributed by atoms with E-state index in [1.807, 2.05) is 0 Å². The standard InChI is InChI=1S/C14H9NO4/c1-7(16)15-9-5-8-3-2-4-10-12(8)11(6-9)14(18)19-13(10)17/h2-6H,1H3,(H,15,16). The molecule has 5 heteroatoms. The van der Waals surface area contributed by atoms with Crippen LogP contribution in [0.25, 0.3) is 10.8 Å². The fourth-order valence-electron chi connectivity index (χ4n) is 2.23. The number of anilines is 1. The molecule has 1 aliphatic heterocycles. The Morgan fingerprint density at radius 3 is 2.58 bits per heavy atom. The molecule has 1 aliphatic rings. The van der Waals surface area contributed by atoms with Gasteiger partial charge >= 0.3 is 11.9 Å². The van der Waals surface area contributed by atoms with E-state index < -0.39 is 11.9 Å².